The summed E-state index contributed by atoms with van der Waals surface area (Å²) in [5, 5.41) is 19.5. The molecule has 0 unspecified atom stereocenters. The van der Waals surface area contributed by atoms with Crippen molar-refractivity contribution in [2.75, 3.05) is 57.3 Å². The van der Waals surface area contributed by atoms with Crippen molar-refractivity contribution in [2.45, 2.75) is 55.6 Å². The number of β-amino-alcohol motifs (C(OH)–C–C–N with tert-alkyl or cyclic N) is 1. The topological polar surface area (TPSA) is 73.0 Å². The van der Waals surface area contributed by atoms with Crippen molar-refractivity contribution in [3.05, 3.63) is 111 Å². The Hall–Kier alpha value is -3.72. The minimum absolute atomic E-state index is 0.186. The number of nitrogens with zero attached hydrogens (tertiary/aromatic N) is 7. The minimum Gasteiger partial charge on any atom is -0.395 e. The molecule has 0 aliphatic carbocycles. The molecule has 3 aliphatic rings. The van der Waals surface area contributed by atoms with Gasteiger partial charge in [0.15, 0.2) is 5.82 Å². The van der Waals surface area contributed by atoms with E-state index in [2.05, 4.69) is 37.6 Å². The molecule has 0 saturated carbocycles. The normalized spacial score (nSPS) is 15.9. The number of aliphatic hydroxyl groups excluding tert-OH is 1. The third-order valence-electron chi connectivity index (χ3n) is 9.88. The van der Waals surface area contributed by atoms with Crippen LogP contribution in [0.25, 0.3) is 5.00 Å². The summed E-state index contributed by atoms with van der Waals surface area (Å²) in [6, 6.07) is 22.1. The number of aliphatic imine (C=N–C) groups is 1. The Bertz CT molecular complexity index is 2120. The molecule has 1 N–H and O–H groups in total. The molecule has 8 rings (SSSR count). The lowest BCUT2D eigenvalue weighted by Crippen LogP contribution is -2.34. The monoisotopic (exact) mass is 793 g/mol. The lowest BCUT2D eigenvalue weighted by Gasteiger charge is -2.34. The van der Waals surface area contributed by atoms with Crippen LogP contribution in [0.5, 0.6) is 0 Å². The molecule has 2 aromatic heterocycles. The zero-order valence-electron chi connectivity index (χ0n) is 30.3. The highest BCUT2D eigenvalue weighted by Gasteiger charge is 2.33. The van der Waals surface area contributed by atoms with Crippen LogP contribution in [0.3, 0.4) is 0 Å². The third-order valence-corrected chi connectivity index (χ3v) is 12.6. The summed E-state index contributed by atoms with van der Waals surface area (Å²) in [5.74, 6) is 1.76. The summed E-state index contributed by atoms with van der Waals surface area (Å²) in [5.41, 5.74) is 4.03. The van der Waals surface area contributed by atoms with Gasteiger partial charge in [-0.15, -0.1) is 21.5 Å². The van der Waals surface area contributed by atoms with Crippen LogP contribution in [0.1, 0.15) is 53.0 Å². The Labute approximate surface area is 327 Å². The number of fused-ring (bicyclic) bond motifs is 5. The van der Waals surface area contributed by atoms with Crippen molar-refractivity contribution >= 4 is 51.8 Å². The van der Waals surface area contributed by atoms with E-state index in [9.17, 15) is 13.2 Å². The summed E-state index contributed by atoms with van der Waals surface area (Å²) < 4.78 is 42.2. The Morgan fingerprint density at radius 3 is 2.33 bits per heavy atom. The largest absolute Gasteiger partial charge is 0.416 e. The molecule has 1 fully saturated rings. The van der Waals surface area contributed by atoms with E-state index in [1.165, 1.54) is 28.8 Å². The fraction of sp³-hybridized carbons (Fsp3) is 0.375. The van der Waals surface area contributed by atoms with E-state index in [0.29, 0.717) is 25.3 Å². The first-order valence-electron chi connectivity index (χ1n) is 18.3. The van der Waals surface area contributed by atoms with Crippen molar-refractivity contribution in [2.24, 2.45) is 4.99 Å². The van der Waals surface area contributed by atoms with Crippen LogP contribution in [-0.2, 0) is 19.1 Å². The number of hydrogen-bond acceptors (Lipinski definition) is 9. The van der Waals surface area contributed by atoms with Crippen molar-refractivity contribution in [3.63, 3.8) is 0 Å². The smallest absolute Gasteiger partial charge is 0.395 e. The molecule has 0 bridgehead atoms. The molecule has 0 atom stereocenters. The quantitative estimate of drug-likeness (QED) is 0.168. The van der Waals surface area contributed by atoms with Gasteiger partial charge < -0.3 is 14.9 Å². The van der Waals surface area contributed by atoms with Gasteiger partial charge in [0.25, 0.3) is 0 Å². The Morgan fingerprint density at radius 1 is 0.833 bits per heavy atom. The molecule has 3 aliphatic heterocycles. The average Bonchev–Trinajstić information content (AvgIpc) is 3.62. The van der Waals surface area contributed by atoms with Crippen molar-refractivity contribution in [3.8, 4) is 5.00 Å². The first kappa shape index (κ1) is 38.6. The number of anilines is 2. The van der Waals surface area contributed by atoms with Crippen LogP contribution in [0.15, 0.2) is 87.6 Å². The fourth-order valence-corrected chi connectivity index (χ4v) is 9.61. The SMILES string of the molecule is CCc1cc2c(s1)-n1c(C)nnc1CN=C2c1ccccc1Cl.OCCN1CCCN(CCCN2c3ccccc3Sc3ccc(C(F)(F)F)cc32)CC1. The van der Waals surface area contributed by atoms with Crippen LogP contribution >= 0.6 is 34.7 Å². The lowest BCUT2D eigenvalue weighted by atomic mass is 10.0. The number of hydrogen-bond donors (Lipinski definition) is 1. The van der Waals surface area contributed by atoms with Gasteiger partial charge in [0.05, 0.1) is 29.3 Å². The molecule has 3 aromatic carbocycles. The Balaban J connectivity index is 0.000000174. The predicted octanol–water partition coefficient (Wildman–Crippen LogP) is 8.90. The van der Waals surface area contributed by atoms with Gasteiger partial charge in [-0.3, -0.25) is 14.5 Å². The van der Waals surface area contributed by atoms with Crippen LogP contribution in [0.4, 0.5) is 24.5 Å². The Kier molecular flexibility index (Phi) is 12.1. The van der Waals surface area contributed by atoms with Gasteiger partial charge in [0.2, 0.25) is 0 Å². The van der Waals surface area contributed by atoms with Gasteiger partial charge in [0, 0.05) is 57.0 Å². The average molecular weight is 794 g/mol. The Morgan fingerprint density at radius 2 is 1.57 bits per heavy atom. The molecule has 0 radical (unpaired) electrons. The molecule has 0 amide bonds. The van der Waals surface area contributed by atoms with Crippen molar-refractivity contribution in [1.82, 2.24) is 24.6 Å². The van der Waals surface area contributed by atoms with Gasteiger partial charge in [-0.25, -0.2) is 0 Å². The van der Waals surface area contributed by atoms with E-state index in [0.717, 1.165) is 106 Å². The zero-order valence-corrected chi connectivity index (χ0v) is 32.7. The molecule has 5 aromatic rings. The molecule has 0 spiro atoms. The zero-order chi connectivity index (χ0) is 37.8. The highest BCUT2D eigenvalue weighted by molar-refractivity contribution is 7.99. The molecule has 14 heteroatoms. The number of para-hydroxylation sites is 1. The molecule has 8 nitrogen and oxygen atoms in total. The van der Waals surface area contributed by atoms with Gasteiger partial charge in [0.1, 0.15) is 17.4 Å². The van der Waals surface area contributed by atoms with Crippen LogP contribution in [0.2, 0.25) is 5.02 Å². The number of rotatable bonds is 8. The molecule has 1 saturated heterocycles. The van der Waals surface area contributed by atoms with Gasteiger partial charge in [-0.2, -0.15) is 13.2 Å². The van der Waals surface area contributed by atoms with E-state index in [1.807, 2.05) is 60.4 Å². The van der Waals surface area contributed by atoms with E-state index in [1.54, 1.807) is 17.4 Å². The molecular weight excluding hydrogens is 751 g/mol. The molecular formula is C40H43ClF3N7OS2. The maximum absolute atomic E-state index is 13.3. The highest BCUT2D eigenvalue weighted by Crippen LogP contribution is 2.49. The lowest BCUT2D eigenvalue weighted by molar-refractivity contribution is -0.137. The first-order chi connectivity index (χ1) is 26.1. The van der Waals surface area contributed by atoms with E-state index < -0.39 is 11.7 Å². The summed E-state index contributed by atoms with van der Waals surface area (Å²) in [4.78, 5) is 14.8. The summed E-state index contributed by atoms with van der Waals surface area (Å²) in [6.07, 6.45) is -1.42. The summed E-state index contributed by atoms with van der Waals surface area (Å²) >= 11 is 9.73. The fourth-order valence-electron chi connectivity index (χ4n) is 7.14. The van der Waals surface area contributed by atoms with Gasteiger partial charge in [-0.05, 0) is 88.3 Å². The second-order valence-electron chi connectivity index (χ2n) is 13.4. The number of alkyl halides is 3. The number of benzene rings is 3. The van der Waals surface area contributed by atoms with E-state index in [-0.39, 0.29) is 6.61 Å². The van der Waals surface area contributed by atoms with Gasteiger partial charge >= 0.3 is 6.18 Å². The van der Waals surface area contributed by atoms with Crippen LogP contribution in [0, 0.1) is 6.92 Å². The second kappa shape index (κ2) is 17.0. The number of thiophene rings is 1. The highest BCUT2D eigenvalue weighted by atomic mass is 35.5. The number of halogens is 4. The van der Waals surface area contributed by atoms with E-state index >= 15 is 0 Å². The molecule has 54 heavy (non-hydrogen) atoms. The maximum atomic E-state index is 13.3. The number of aliphatic hydroxyl groups is 1. The standard InChI is InChI=1S/C23H28F3N3OS.C17H15ClN4S/c24-23(25,26)18-7-8-22-20(17-18)29(19-5-1-2-6-21(19)31-22)12-4-11-27-9-3-10-28(14-13-27)15-16-30;1-3-11-8-13-16(12-6-4-5-7-14(12)18)19-9-15-21-20-10(2)22(15)17(13)23-11/h1-2,5-8,17,30H,3-4,9-16H2;4-8H,3,9H2,1-2H3. The van der Waals surface area contributed by atoms with E-state index in [4.69, 9.17) is 21.7 Å². The maximum Gasteiger partial charge on any atom is 0.416 e. The number of aryl methyl sites for hydroxylation is 2. The van der Waals surface area contributed by atoms with Crippen LogP contribution < -0.4 is 4.90 Å². The summed E-state index contributed by atoms with van der Waals surface area (Å²) in [7, 11) is 0. The van der Waals surface area contributed by atoms with Gasteiger partial charge in [-0.1, -0.05) is 60.6 Å². The van der Waals surface area contributed by atoms with Crippen molar-refractivity contribution in [1.29, 1.82) is 0 Å². The number of aromatic nitrogens is 3. The summed E-state index contributed by atoms with van der Waals surface area (Å²) in [6.45, 7) is 11.1. The van der Waals surface area contributed by atoms with Crippen LogP contribution in [-0.4, -0.2) is 87.8 Å². The minimum atomic E-state index is -4.35. The van der Waals surface area contributed by atoms with Crippen molar-refractivity contribution < 1.29 is 18.3 Å². The molecule has 5 heterocycles. The second-order valence-corrected chi connectivity index (χ2v) is 16.1. The first-order valence-corrected chi connectivity index (χ1v) is 20.3. The molecule has 284 valence electrons. The predicted molar refractivity (Wildman–Crippen MR) is 212 cm³/mol. The third kappa shape index (κ3) is 8.41.